The second-order valence-electron chi connectivity index (χ2n) is 4.38. The highest BCUT2D eigenvalue weighted by Crippen LogP contribution is 2.13. The van der Waals surface area contributed by atoms with E-state index in [1.807, 2.05) is 6.07 Å². The van der Waals surface area contributed by atoms with Crippen molar-refractivity contribution in [3.8, 4) is 0 Å². The molecule has 0 saturated carbocycles. The fourth-order valence-electron chi connectivity index (χ4n) is 1.66. The first-order valence-corrected chi connectivity index (χ1v) is 6.82. The number of hydrogen-bond acceptors (Lipinski definition) is 5. The fourth-order valence-corrected chi connectivity index (χ4v) is 1.78. The van der Waals surface area contributed by atoms with Gasteiger partial charge in [0.15, 0.2) is 5.11 Å². The molecule has 0 bridgehead atoms. The molecule has 0 aliphatic rings. The Morgan fingerprint density at radius 1 is 1.41 bits per heavy atom. The second-order valence-corrected chi connectivity index (χ2v) is 4.79. The smallest absolute Gasteiger partial charge is 0.270 e. The largest absolute Gasteiger partial charge is 0.467 e. The van der Waals surface area contributed by atoms with Crippen molar-refractivity contribution in [1.82, 2.24) is 10.7 Å². The highest BCUT2D eigenvalue weighted by atomic mass is 32.1. The number of furan rings is 1. The van der Waals surface area contributed by atoms with Crippen LogP contribution in [0, 0.1) is 10.1 Å². The van der Waals surface area contributed by atoms with E-state index in [1.165, 1.54) is 12.1 Å². The number of benzene rings is 1. The monoisotopic (exact) mass is 318 g/mol. The molecule has 0 saturated heterocycles. The first kappa shape index (κ1) is 15.6. The Morgan fingerprint density at radius 3 is 2.91 bits per heavy atom. The van der Waals surface area contributed by atoms with E-state index in [0.717, 1.165) is 5.76 Å². The van der Waals surface area contributed by atoms with E-state index in [9.17, 15) is 10.1 Å². The van der Waals surface area contributed by atoms with Crippen molar-refractivity contribution >= 4 is 28.7 Å². The molecular formula is C14H14N4O3S. The van der Waals surface area contributed by atoms with Crippen molar-refractivity contribution in [2.24, 2.45) is 5.10 Å². The van der Waals surface area contributed by atoms with Crippen LogP contribution in [0.15, 0.2) is 52.2 Å². The molecule has 2 N–H and O–H groups in total. The van der Waals surface area contributed by atoms with E-state index in [2.05, 4.69) is 15.8 Å². The predicted octanol–water partition coefficient (Wildman–Crippen LogP) is 2.58. The van der Waals surface area contributed by atoms with Gasteiger partial charge < -0.3 is 9.73 Å². The van der Waals surface area contributed by atoms with Crippen molar-refractivity contribution in [2.75, 3.05) is 0 Å². The molecule has 0 radical (unpaired) electrons. The maximum Gasteiger partial charge on any atom is 0.270 e. The van der Waals surface area contributed by atoms with Crippen LogP contribution >= 0.6 is 12.2 Å². The van der Waals surface area contributed by atoms with Crippen molar-refractivity contribution in [3.63, 3.8) is 0 Å². The van der Waals surface area contributed by atoms with Crippen LogP contribution in [0.25, 0.3) is 0 Å². The SMILES string of the molecule is C/C(=N\NC(=S)NCc1ccco1)c1cccc([N+](=O)[O-])c1. The van der Waals surface area contributed by atoms with E-state index >= 15 is 0 Å². The summed E-state index contributed by atoms with van der Waals surface area (Å²) in [6, 6.07) is 9.86. The van der Waals surface area contributed by atoms with Gasteiger partial charge in [0.2, 0.25) is 0 Å². The van der Waals surface area contributed by atoms with Crippen LogP contribution in [0.4, 0.5) is 5.69 Å². The van der Waals surface area contributed by atoms with Crippen LogP contribution < -0.4 is 10.7 Å². The number of thiocarbonyl (C=S) groups is 1. The molecule has 114 valence electrons. The van der Waals surface area contributed by atoms with Gasteiger partial charge >= 0.3 is 0 Å². The molecule has 2 rings (SSSR count). The zero-order valence-corrected chi connectivity index (χ0v) is 12.6. The third kappa shape index (κ3) is 4.38. The van der Waals surface area contributed by atoms with Crippen molar-refractivity contribution in [2.45, 2.75) is 13.5 Å². The zero-order chi connectivity index (χ0) is 15.9. The van der Waals surface area contributed by atoms with Crippen molar-refractivity contribution in [3.05, 3.63) is 64.1 Å². The number of hydrazone groups is 1. The molecular weight excluding hydrogens is 304 g/mol. The van der Waals surface area contributed by atoms with Gasteiger partial charge in [-0.15, -0.1) is 0 Å². The van der Waals surface area contributed by atoms with Crippen LogP contribution in [0.5, 0.6) is 0 Å². The number of nitrogens with one attached hydrogen (secondary N) is 2. The first-order chi connectivity index (χ1) is 10.6. The molecule has 0 aliphatic heterocycles. The lowest BCUT2D eigenvalue weighted by Gasteiger charge is -2.06. The van der Waals surface area contributed by atoms with E-state index in [-0.39, 0.29) is 5.69 Å². The Bertz CT molecular complexity index is 698. The molecule has 1 heterocycles. The van der Waals surface area contributed by atoms with Crippen LogP contribution in [0.1, 0.15) is 18.2 Å². The number of hydrogen-bond donors (Lipinski definition) is 2. The van der Waals surface area contributed by atoms with Crippen LogP contribution in [-0.4, -0.2) is 15.7 Å². The third-order valence-electron chi connectivity index (χ3n) is 2.80. The summed E-state index contributed by atoms with van der Waals surface area (Å²) in [7, 11) is 0. The summed E-state index contributed by atoms with van der Waals surface area (Å²) in [5, 5.41) is 18.1. The minimum absolute atomic E-state index is 0.0190. The van der Waals surface area contributed by atoms with Crippen LogP contribution in [-0.2, 0) is 6.54 Å². The summed E-state index contributed by atoms with van der Waals surface area (Å²) >= 11 is 5.08. The van der Waals surface area contributed by atoms with Gasteiger partial charge in [-0.1, -0.05) is 12.1 Å². The van der Waals surface area contributed by atoms with E-state index < -0.39 is 4.92 Å². The molecule has 0 unspecified atom stereocenters. The van der Waals surface area contributed by atoms with Crippen molar-refractivity contribution in [1.29, 1.82) is 0 Å². The number of nitro benzene ring substituents is 1. The van der Waals surface area contributed by atoms with Crippen LogP contribution in [0.3, 0.4) is 0 Å². The molecule has 0 aliphatic carbocycles. The van der Waals surface area contributed by atoms with Gasteiger partial charge in [0, 0.05) is 17.7 Å². The Morgan fingerprint density at radius 2 is 2.23 bits per heavy atom. The van der Waals surface area contributed by atoms with Gasteiger partial charge in [-0.2, -0.15) is 5.10 Å². The molecule has 2 aromatic rings. The summed E-state index contributed by atoms with van der Waals surface area (Å²) in [4.78, 5) is 10.3. The Hall–Kier alpha value is -2.74. The van der Waals surface area contributed by atoms with E-state index in [0.29, 0.717) is 22.9 Å². The molecule has 1 aromatic carbocycles. The number of nitrogens with zero attached hydrogens (tertiary/aromatic N) is 2. The molecule has 0 amide bonds. The lowest BCUT2D eigenvalue weighted by atomic mass is 10.1. The summed E-state index contributed by atoms with van der Waals surface area (Å²) in [6.45, 7) is 2.19. The van der Waals surface area contributed by atoms with Crippen LogP contribution in [0.2, 0.25) is 0 Å². The maximum atomic E-state index is 10.7. The molecule has 22 heavy (non-hydrogen) atoms. The zero-order valence-electron chi connectivity index (χ0n) is 11.8. The molecule has 8 heteroatoms. The highest BCUT2D eigenvalue weighted by molar-refractivity contribution is 7.80. The fraction of sp³-hybridized carbons (Fsp3) is 0.143. The topological polar surface area (TPSA) is 92.7 Å². The Labute approximate surface area is 132 Å². The second kappa shape index (κ2) is 7.32. The number of nitro groups is 1. The van der Waals surface area contributed by atoms with Gasteiger partial charge in [0.25, 0.3) is 5.69 Å². The lowest BCUT2D eigenvalue weighted by Crippen LogP contribution is -2.32. The standard InChI is InChI=1S/C14H14N4O3S/c1-10(11-4-2-5-12(8-11)18(19)20)16-17-14(22)15-9-13-6-3-7-21-13/h2-8H,9H2,1H3,(H2,15,17,22)/b16-10+. The van der Waals surface area contributed by atoms with E-state index in [4.69, 9.17) is 16.6 Å². The normalized spacial score (nSPS) is 11.0. The summed E-state index contributed by atoms with van der Waals surface area (Å²) in [5.74, 6) is 0.753. The first-order valence-electron chi connectivity index (χ1n) is 6.41. The summed E-state index contributed by atoms with van der Waals surface area (Å²) < 4.78 is 5.16. The lowest BCUT2D eigenvalue weighted by molar-refractivity contribution is -0.384. The quantitative estimate of drug-likeness (QED) is 0.381. The number of non-ortho nitro benzene ring substituents is 1. The molecule has 0 fully saturated rings. The molecule has 0 atom stereocenters. The average molecular weight is 318 g/mol. The summed E-state index contributed by atoms with van der Waals surface area (Å²) in [5.41, 5.74) is 3.95. The summed E-state index contributed by atoms with van der Waals surface area (Å²) in [6.07, 6.45) is 1.58. The Kier molecular flexibility index (Phi) is 5.21. The van der Waals surface area contributed by atoms with Crippen molar-refractivity contribution < 1.29 is 9.34 Å². The number of rotatable bonds is 5. The maximum absolute atomic E-state index is 10.7. The van der Waals surface area contributed by atoms with Gasteiger partial charge in [0.05, 0.1) is 23.4 Å². The van der Waals surface area contributed by atoms with E-state index in [1.54, 1.807) is 31.4 Å². The average Bonchev–Trinajstić information content (AvgIpc) is 3.04. The minimum atomic E-state index is -0.445. The molecule has 0 spiro atoms. The van der Waals surface area contributed by atoms with Gasteiger partial charge in [0.1, 0.15) is 5.76 Å². The highest BCUT2D eigenvalue weighted by Gasteiger charge is 2.07. The third-order valence-corrected chi connectivity index (χ3v) is 3.04. The molecule has 1 aromatic heterocycles. The molecule has 7 nitrogen and oxygen atoms in total. The van der Waals surface area contributed by atoms with Gasteiger partial charge in [-0.25, -0.2) is 0 Å². The van der Waals surface area contributed by atoms with Gasteiger partial charge in [-0.05, 0) is 31.3 Å². The predicted molar refractivity (Wildman–Crippen MR) is 86.6 cm³/mol. The Balaban J connectivity index is 1.92. The minimum Gasteiger partial charge on any atom is -0.467 e. The van der Waals surface area contributed by atoms with Gasteiger partial charge in [-0.3, -0.25) is 15.5 Å².